The second-order valence-electron chi connectivity index (χ2n) is 21.7. The number of allylic oxidation sites excluding steroid dienone is 4. The maximum absolute atomic E-state index is 12.1. The van der Waals surface area contributed by atoms with Crippen LogP contribution in [0.3, 0.4) is 0 Å². The van der Waals surface area contributed by atoms with Crippen molar-refractivity contribution >= 4 is 14.6 Å². The third-order valence-corrected chi connectivity index (χ3v) is 18.3. The van der Waals surface area contributed by atoms with Crippen molar-refractivity contribution in [1.29, 1.82) is 0 Å². The summed E-state index contributed by atoms with van der Waals surface area (Å²) in [6.07, 6.45) is 20.1. The monoisotopic (exact) mass is 1210 g/mol. The zero-order chi connectivity index (χ0) is 48.1. The molecule has 1 fully saturated rings. The van der Waals surface area contributed by atoms with Crippen LogP contribution in [-0.2, 0) is 107 Å². The summed E-state index contributed by atoms with van der Waals surface area (Å²) in [5, 5.41) is 8.62. The first-order valence-electron chi connectivity index (χ1n) is 22.5. The van der Waals surface area contributed by atoms with Crippen LogP contribution in [0, 0.1) is 58.5 Å². The van der Waals surface area contributed by atoms with E-state index < -0.39 is 13.9 Å². The third-order valence-electron chi connectivity index (χ3n) is 13.6. The van der Waals surface area contributed by atoms with Gasteiger partial charge in [-0.1, -0.05) is 57.9 Å². The number of aldehydes is 1. The van der Waals surface area contributed by atoms with E-state index in [-0.39, 0.29) is 176 Å². The van der Waals surface area contributed by atoms with Crippen LogP contribution >= 0.6 is 0 Å². The van der Waals surface area contributed by atoms with E-state index in [0.717, 1.165) is 56.4 Å². The summed E-state index contributed by atoms with van der Waals surface area (Å²) >= 11 is 0. The fraction of sp³-hybridized carbons (Fsp3) is 0.615. The molecule has 0 aromatic carbocycles. The van der Waals surface area contributed by atoms with E-state index in [4.69, 9.17) is 19.0 Å². The molecule has 14 nitrogen and oxygen atoms in total. The molecule has 2 aliphatic heterocycles. The van der Waals surface area contributed by atoms with Gasteiger partial charge in [0.2, 0.25) is 0 Å². The van der Waals surface area contributed by atoms with Crippen molar-refractivity contribution in [3.63, 3.8) is 0 Å². The Balaban J connectivity index is -0.000000856. The third kappa shape index (κ3) is 19.8. The van der Waals surface area contributed by atoms with Crippen molar-refractivity contribution in [2.75, 3.05) is 0 Å². The van der Waals surface area contributed by atoms with Crippen LogP contribution in [0.25, 0.3) is 0 Å². The van der Waals surface area contributed by atoms with Gasteiger partial charge >= 0.3 is 0 Å². The number of hydrogen-bond donors (Lipinski definition) is 4. The van der Waals surface area contributed by atoms with Gasteiger partial charge in [0.05, 0.1) is 16.8 Å². The summed E-state index contributed by atoms with van der Waals surface area (Å²) in [6, 6.07) is 0.969. The van der Waals surface area contributed by atoms with Crippen molar-refractivity contribution in [3.8, 4) is 17.6 Å². The number of hydrogen-bond acceptors (Lipinski definition) is 11. The van der Waals surface area contributed by atoms with E-state index in [1.165, 1.54) is 17.6 Å². The molecule has 3 aromatic heterocycles. The Hall–Kier alpha value is -1.32. The van der Waals surface area contributed by atoms with Gasteiger partial charge in [0, 0.05) is 135 Å². The van der Waals surface area contributed by atoms with Crippen molar-refractivity contribution in [3.05, 3.63) is 113 Å². The Bertz CT molecular complexity index is 2330. The van der Waals surface area contributed by atoms with E-state index in [1.54, 1.807) is 0 Å². The molecule has 7 rings (SSSR count). The Morgan fingerprint density at radius 1 is 0.843 bits per heavy atom. The van der Waals surface area contributed by atoms with Gasteiger partial charge in [0.1, 0.15) is 40.6 Å². The number of ether oxygens (including phenoxy) is 2. The summed E-state index contributed by atoms with van der Waals surface area (Å²) < 4.78 is 18.4. The molecule has 387 valence electrons. The first kappa shape index (κ1) is 72.9. The van der Waals surface area contributed by atoms with Crippen molar-refractivity contribution in [1.82, 2.24) is 29.9 Å². The number of carbonyl (C=O) groups excluding carboxylic acids is 1. The molecule has 1 saturated carbocycles. The fourth-order valence-corrected chi connectivity index (χ4v) is 10.9. The second kappa shape index (κ2) is 29.7. The molecule has 5 unspecified atom stereocenters. The van der Waals surface area contributed by atoms with Crippen molar-refractivity contribution in [2.24, 2.45) is 17.3 Å². The zero-order valence-electron chi connectivity index (χ0n) is 45.7. The first-order valence-corrected chi connectivity index (χ1v) is 25.4. The molecule has 5 heterocycles. The molecule has 70 heavy (non-hydrogen) atoms. The van der Waals surface area contributed by atoms with E-state index >= 15 is 0 Å². The summed E-state index contributed by atoms with van der Waals surface area (Å²) in [5.74, 6) is 1.80. The largest absolute Gasteiger partial charge is 0.550 e. The average molecular weight is 1210 g/mol. The number of aromatic hydroxyl groups is 1. The molecular formula is C52H82N6O8SiY3-6. The minimum absolute atomic E-state index is 0. The van der Waals surface area contributed by atoms with Crippen LogP contribution in [0.1, 0.15) is 164 Å². The molecule has 3 radical (unpaired) electrons. The average Bonchev–Trinajstić information content (AvgIpc) is 3.13. The van der Waals surface area contributed by atoms with Crippen LogP contribution < -0.4 is 26.2 Å². The molecule has 4 aliphatic rings. The van der Waals surface area contributed by atoms with Crippen LogP contribution in [0.4, 0.5) is 0 Å². The summed E-state index contributed by atoms with van der Waals surface area (Å²) in [7, 11) is -1.83. The first-order chi connectivity index (χ1) is 29.5. The summed E-state index contributed by atoms with van der Waals surface area (Å²) in [5.41, 5.74) is 2.89. The second-order valence-corrected chi connectivity index (χ2v) is 26.5. The van der Waals surface area contributed by atoms with E-state index in [1.807, 2.05) is 0 Å². The molecule has 0 saturated heterocycles. The Labute approximate surface area is 497 Å². The number of rotatable bonds is 7. The van der Waals surface area contributed by atoms with Gasteiger partial charge in [0.15, 0.2) is 8.32 Å². The van der Waals surface area contributed by atoms with Crippen molar-refractivity contribution < 1.29 is 122 Å². The number of nitrogens with one attached hydrogen (secondary N) is 3. The van der Waals surface area contributed by atoms with Gasteiger partial charge in [-0.2, -0.15) is 0 Å². The fourth-order valence-electron chi connectivity index (χ4n) is 9.16. The number of fused-ring (bicyclic) bond motifs is 6. The SMILES string of the molecule is CC(C)=CCCC(C)(CC=O)O[Si](C)(C)C(C)(C)C.CC1(C)CCC2C(C1)c1c(n[c-][nH]c1=O)OC2(C)C.CC1=CCC2C(C1)c1c(n[c-][nH]c1=O)OC2(C)C.O=c1cc(O)n[c-][nH]1.[CH3-].[CH3-].[CH3-].[Y].[Y].[Y]. The van der Waals surface area contributed by atoms with E-state index in [0.29, 0.717) is 35.6 Å². The Kier molecular flexibility index (Phi) is 30.9. The summed E-state index contributed by atoms with van der Waals surface area (Å²) in [6.45, 7) is 32.5. The van der Waals surface area contributed by atoms with Gasteiger partial charge in [-0.25, -0.2) is 0 Å². The van der Waals surface area contributed by atoms with Gasteiger partial charge in [0.25, 0.3) is 0 Å². The molecule has 4 N–H and O–H groups in total. The predicted octanol–water partition coefficient (Wildman–Crippen LogP) is 10.6. The van der Waals surface area contributed by atoms with Crippen LogP contribution in [0.2, 0.25) is 18.1 Å². The van der Waals surface area contributed by atoms with Gasteiger partial charge < -0.3 is 90.4 Å². The smallest absolute Gasteiger partial charge is 0.192 e. The van der Waals surface area contributed by atoms with Crippen molar-refractivity contribution in [2.45, 2.75) is 188 Å². The molecule has 5 atom stereocenters. The van der Waals surface area contributed by atoms with Gasteiger partial charge in [-0.05, 0) is 153 Å². The maximum atomic E-state index is 12.1. The molecule has 18 heteroatoms. The number of nitrogens with zero attached hydrogens (tertiary/aromatic N) is 3. The predicted molar refractivity (Wildman–Crippen MR) is 271 cm³/mol. The molecule has 0 amide bonds. The number of H-pyrrole nitrogens is 3. The number of aromatic nitrogens is 6. The number of aromatic amines is 3. The molecule has 0 bridgehead atoms. The quantitative estimate of drug-likeness (QED) is 0.0759. The normalized spacial score (nSPS) is 21.1. The number of carbonyl (C=O) groups is 1. The minimum Gasteiger partial charge on any atom is -0.550 e. The van der Waals surface area contributed by atoms with Crippen LogP contribution in [0.5, 0.6) is 17.6 Å². The van der Waals surface area contributed by atoms with E-state index in [9.17, 15) is 19.2 Å². The van der Waals surface area contributed by atoms with E-state index in [2.05, 4.69) is 164 Å². The molecule has 2 aliphatic carbocycles. The van der Waals surface area contributed by atoms with Crippen LogP contribution in [-0.4, -0.2) is 66.4 Å². The molecular weight excluding hydrogens is 1130 g/mol. The zero-order valence-corrected chi connectivity index (χ0v) is 55.2. The van der Waals surface area contributed by atoms with Gasteiger partial charge in [-0.3, -0.25) is 0 Å². The molecule has 0 spiro atoms. The summed E-state index contributed by atoms with van der Waals surface area (Å²) in [4.78, 5) is 64.0. The Morgan fingerprint density at radius 2 is 1.34 bits per heavy atom. The Morgan fingerprint density at radius 3 is 1.80 bits per heavy atom. The minimum atomic E-state index is -1.83. The maximum Gasteiger partial charge on any atom is 0.192 e. The standard InChI is InChI=1S/C16H32O2Si.C15H21N2O2.C14H17N2O2.C4H3N2O2.3CH3.3Y/c1-14(2)10-9-11-16(6,12-13-17)18-19(7,8)15(3,4)5;1-14(2)6-5-10-9(7-14)11-12(18)16-8-17-13(11)19-15(10,3)4;1-8-4-5-10-9(6-8)11-12(17)15-7-16-13(11)18-14(10,2)3;7-3-1-4(8)6-2-5-3;;;;;;/h10,13H,9,11-12H2,1-8H3;9-10H,5-7H2,1-4H3,(H,16,17,18);4,9-10H,5-6H2,1-3H3,(H,15,16,17);1H,(H2,5,6,7,8);3*1H3;;;/q;6*-1;;;. The van der Waals surface area contributed by atoms with Gasteiger partial charge in [-0.15, -0.1) is 0 Å². The topological polar surface area (TPSA) is 202 Å². The van der Waals surface area contributed by atoms with Crippen LogP contribution in [0.15, 0.2) is 43.7 Å². The molecule has 3 aromatic rings.